The number of nitrogens with zero attached hydrogens (tertiary/aromatic N) is 3. The number of amides is 3. The maximum atomic E-state index is 15.0. The highest BCUT2D eigenvalue weighted by molar-refractivity contribution is 5.98. The predicted molar refractivity (Wildman–Crippen MR) is 158 cm³/mol. The number of urea groups is 1. The first-order valence-corrected chi connectivity index (χ1v) is 13.5. The van der Waals surface area contributed by atoms with Crippen molar-refractivity contribution in [1.29, 1.82) is 0 Å². The van der Waals surface area contributed by atoms with Crippen LogP contribution in [0.5, 0.6) is 17.2 Å². The van der Waals surface area contributed by atoms with E-state index in [0.717, 1.165) is 5.56 Å². The second-order valence-corrected chi connectivity index (χ2v) is 9.82. The quantitative estimate of drug-likeness (QED) is 0.311. The fourth-order valence-electron chi connectivity index (χ4n) is 5.14. The van der Waals surface area contributed by atoms with Gasteiger partial charge in [0.2, 0.25) is 0 Å². The lowest BCUT2D eigenvalue weighted by molar-refractivity contribution is 0.0671. The molecule has 2 heterocycles. The predicted octanol–water partition coefficient (Wildman–Crippen LogP) is 5.61. The Morgan fingerprint density at radius 1 is 0.786 bits per heavy atom. The third-order valence-corrected chi connectivity index (χ3v) is 7.44. The molecule has 0 spiro atoms. The minimum Gasteiger partial charge on any atom is -0.497 e. The van der Waals surface area contributed by atoms with Gasteiger partial charge in [0.15, 0.2) is 0 Å². The molecule has 5 rings (SSSR count). The van der Waals surface area contributed by atoms with Gasteiger partial charge in [-0.05, 0) is 49.4 Å². The lowest BCUT2D eigenvalue weighted by Gasteiger charge is -2.34. The molecule has 1 aliphatic heterocycles. The highest BCUT2D eigenvalue weighted by atomic mass is 19.1. The van der Waals surface area contributed by atoms with E-state index in [4.69, 9.17) is 14.2 Å². The molecule has 1 N–H and O–H groups in total. The number of carbonyl (C=O) groups is 2. The molecule has 0 unspecified atom stereocenters. The Morgan fingerprint density at radius 2 is 1.48 bits per heavy atom. The number of ether oxygens (including phenoxy) is 3. The number of rotatable bonds is 7. The number of methoxy groups -OCH3 is 3. The molecule has 1 fully saturated rings. The largest absolute Gasteiger partial charge is 0.497 e. The van der Waals surface area contributed by atoms with E-state index in [2.05, 4.69) is 5.32 Å². The van der Waals surface area contributed by atoms with Crippen LogP contribution < -0.4 is 19.5 Å². The third-order valence-electron chi connectivity index (χ3n) is 7.44. The van der Waals surface area contributed by atoms with Gasteiger partial charge in [0.05, 0.1) is 44.0 Å². The Balaban J connectivity index is 1.36. The molecular formula is C32H33FN4O5. The molecule has 0 aliphatic carbocycles. The zero-order valence-corrected chi connectivity index (χ0v) is 24.0. The van der Waals surface area contributed by atoms with Crippen LogP contribution >= 0.6 is 0 Å². The van der Waals surface area contributed by atoms with Gasteiger partial charge in [-0.3, -0.25) is 4.79 Å². The average Bonchev–Trinajstić information content (AvgIpc) is 3.37. The summed E-state index contributed by atoms with van der Waals surface area (Å²) in [5.74, 6) is 1.18. The first kappa shape index (κ1) is 28.5. The van der Waals surface area contributed by atoms with Crippen LogP contribution in [0, 0.1) is 12.7 Å². The number of hydrogen-bond acceptors (Lipinski definition) is 5. The normalized spacial score (nSPS) is 13.1. The Labute approximate surface area is 244 Å². The van der Waals surface area contributed by atoms with Crippen molar-refractivity contribution >= 4 is 17.6 Å². The molecule has 1 aliphatic rings. The summed E-state index contributed by atoms with van der Waals surface area (Å²) in [6, 6.07) is 20.6. The Bertz CT molecular complexity index is 1610. The van der Waals surface area contributed by atoms with E-state index >= 15 is 4.39 Å². The van der Waals surface area contributed by atoms with Gasteiger partial charge < -0.3 is 33.9 Å². The van der Waals surface area contributed by atoms with Crippen LogP contribution in [0.4, 0.5) is 14.9 Å². The van der Waals surface area contributed by atoms with Gasteiger partial charge in [-0.25, -0.2) is 9.18 Å². The van der Waals surface area contributed by atoms with Crippen molar-refractivity contribution in [3.05, 3.63) is 89.9 Å². The van der Waals surface area contributed by atoms with E-state index in [1.807, 2.05) is 31.2 Å². The van der Waals surface area contributed by atoms with Crippen molar-refractivity contribution in [3.63, 3.8) is 0 Å². The smallest absolute Gasteiger partial charge is 0.322 e. The zero-order chi connectivity index (χ0) is 29.8. The van der Waals surface area contributed by atoms with E-state index in [9.17, 15) is 9.59 Å². The topological polar surface area (TPSA) is 85.3 Å². The molecule has 1 aromatic heterocycles. The van der Waals surface area contributed by atoms with Crippen LogP contribution in [0.15, 0.2) is 72.8 Å². The Morgan fingerprint density at radius 3 is 2.17 bits per heavy atom. The van der Waals surface area contributed by atoms with Crippen LogP contribution in [-0.4, -0.2) is 73.8 Å². The minimum atomic E-state index is -0.396. The molecule has 1 saturated heterocycles. The number of piperazine rings is 1. The lowest BCUT2D eigenvalue weighted by atomic mass is 10.1. The maximum Gasteiger partial charge on any atom is 0.322 e. The fraction of sp³-hybridized carbons (Fsp3) is 0.250. The number of halogens is 1. The molecule has 4 aromatic rings. The van der Waals surface area contributed by atoms with Gasteiger partial charge in [0, 0.05) is 43.5 Å². The number of hydrogen-bond donors (Lipinski definition) is 1. The molecule has 0 saturated carbocycles. The monoisotopic (exact) mass is 572 g/mol. The Kier molecular flexibility index (Phi) is 8.33. The highest BCUT2D eigenvalue weighted by Crippen LogP contribution is 2.33. The summed E-state index contributed by atoms with van der Waals surface area (Å²) in [6.07, 6.45) is 0. The summed E-state index contributed by atoms with van der Waals surface area (Å²) in [4.78, 5) is 30.2. The average molecular weight is 573 g/mol. The first-order valence-electron chi connectivity index (χ1n) is 13.5. The number of anilines is 1. The number of para-hydroxylation sites is 1. The van der Waals surface area contributed by atoms with Gasteiger partial charge in [-0.15, -0.1) is 0 Å². The summed E-state index contributed by atoms with van der Waals surface area (Å²) >= 11 is 0. The van der Waals surface area contributed by atoms with Gasteiger partial charge in [-0.1, -0.05) is 24.3 Å². The molecule has 10 heteroatoms. The second kappa shape index (κ2) is 12.3. The van der Waals surface area contributed by atoms with E-state index in [0.29, 0.717) is 71.8 Å². The van der Waals surface area contributed by atoms with Crippen molar-refractivity contribution in [2.75, 3.05) is 52.8 Å². The SMILES string of the molecule is COc1cccc(-c2cc(C(=O)N3CCN(C(=O)Nc4ccc(OC)cc4OC)CC3)c(C)n2-c2ccccc2F)c1. The third kappa shape index (κ3) is 5.60. The maximum absolute atomic E-state index is 15.0. The zero-order valence-electron chi connectivity index (χ0n) is 24.0. The van der Waals surface area contributed by atoms with Crippen molar-refractivity contribution < 1.29 is 28.2 Å². The van der Waals surface area contributed by atoms with Crippen molar-refractivity contribution in [3.8, 4) is 34.2 Å². The number of carbonyl (C=O) groups excluding carboxylic acids is 2. The highest BCUT2D eigenvalue weighted by Gasteiger charge is 2.29. The van der Waals surface area contributed by atoms with Crippen LogP contribution in [0.1, 0.15) is 16.1 Å². The molecule has 42 heavy (non-hydrogen) atoms. The van der Waals surface area contributed by atoms with Crippen molar-refractivity contribution in [2.24, 2.45) is 0 Å². The molecule has 9 nitrogen and oxygen atoms in total. The van der Waals surface area contributed by atoms with E-state index < -0.39 is 5.82 Å². The number of aromatic nitrogens is 1. The summed E-state index contributed by atoms with van der Waals surface area (Å²) in [7, 11) is 4.67. The molecular weight excluding hydrogens is 539 g/mol. The summed E-state index contributed by atoms with van der Waals surface area (Å²) < 4.78 is 32.8. The van der Waals surface area contributed by atoms with Gasteiger partial charge in [-0.2, -0.15) is 0 Å². The minimum absolute atomic E-state index is 0.177. The van der Waals surface area contributed by atoms with E-state index in [1.54, 1.807) is 71.1 Å². The van der Waals surface area contributed by atoms with Crippen LogP contribution in [0.25, 0.3) is 16.9 Å². The summed E-state index contributed by atoms with van der Waals surface area (Å²) in [6.45, 7) is 3.22. The number of benzene rings is 3. The van der Waals surface area contributed by atoms with E-state index in [-0.39, 0.29) is 11.9 Å². The summed E-state index contributed by atoms with van der Waals surface area (Å²) in [5.41, 5.74) is 3.42. The molecule has 3 aromatic carbocycles. The molecule has 0 bridgehead atoms. The number of nitrogens with one attached hydrogen (secondary N) is 1. The fourth-order valence-corrected chi connectivity index (χ4v) is 5.14. The second-order valence-electron chi connectivity index (χ2n) is 9.82. The standard InChI is InChI=1S/C32H33FN4O5/c1-21-25(20-29(22-8-7-9-23(18-22)40-2)37(21)28-11-6-5-10-26(28)33)31(38)35-14-16-36(17-15-35)32(39)34-27-13-12-24(41-3)19-30(27)42-4/h5-13,18-20H,14-17H2,1-4H3,(H,34,39). The van der Waals surface area contributed by atoms with Crippen LogP contribution in [-0.2, 0) is 0 Å². The van der Waals surface area contributed by atoms with Gasteiger partial charge in [0.25, 0.3) is 5.91 Å². The summed E-state index contributed by atoms with van der Waals surface area (Å²) in [5, 5.41) is 2.88. The van der Waals surface area contributed by atoms with Crippen LogP contribution in [0.2, 0.25) is 0 Å². The molecule has 218 valence electrons. The molecule has 0 radical (unpaired) electrons. The lowest BCUT2D eigenvalue weighted by Crippen LogP contribution is -2.51. The van der Waals surface area contributed by atoms with Crippen molar-refractivity contribution in [2.45, 2.75) is 6.92 Å². The van der Waals surface area contributed by atoms with Gasteiger partial charge in [0.1, 0.15) is 23.1 Å². The van der Waals surface area contributed by atoms with Gasteiger partial charge >= 0.3 is 6.03 Å². The molecule has 3 amide bonds. The molecule has 0 atom stereocenters. The van der Waals surface area contributed by atoms with Crippen molar-refractivity contribution in [1.82, 2.24) is 14.4 Å². The van der Waals surface area contributed by atoms with Crippen LogP contribution in [0.3, 0.4) is 0 Å². The Hall–Kier alpha value is -4.99. The first-order chi connectivity index (χ1) is 20.3. The van der Waals surface area contributed by atoms with E-state index in [1.165, 1.54) is 13.2 Å².